The van der Waals surface area contributed by atoms with Crippen molar-refractivity contribution in [1.29, 1.82) is 0 Å². The highest BCUT2D eigenvalue weighted by Crippen LogP contribution is 2.17. The van der Waals surface area contributed by atoms with Crippen LogP contribution in [0.5, 0.6) is 0 Å². The Hall–Kier alpha value is -2.03. The van der Waals surface area contributed by atoms with Crippen LogP contribution in [0.4, 0.5) is 5.95 Å². The zero-order valence-corrected chi connectivity index (χ0v) is 12.1. The molecule has 2 rings (SSSR count). The second-order valence-electron chi connectivity index (χ2n) is 4.32. The van der Waals surface area contributed by atoms with Crippen molar-refractivity contribution >= 4 is 16.0 Å². The van der Waals surface area contributed by atoms with Crippen LogP contribution in [0.3, 0.4) is 0 Å². The average molecular weight is 308 g/mol. The van der Waals surface area contributed by atoms with Gasteiger partial charge in [-0.3, -0.25) is 0 Å². The maximum atomic E-state index is 12.5. The lowest BCUT2D eigenvalue weighted by Crippen LogP contribution is -2.33. The molecular formula is C13H16N4O3S. The van der Waals surface area contributed by atoms with Crippen LogP contribution < -0.4 is 5.73 Å². The van der Waals surface area contributed by atoms with Gasteiger partial charge in [-0.25, -0.2) is 18.4 Å². The summed E-state index contributed by atoms with van der Waals surface area (Å²) in [5.74, 6) is 0.00529. The number of sulfonamides is 1. The van der Waals surface area contributed by atoms with Crippen LogP contribution >= 0.6 is 0 Å². The van der Waals surface area contributed by atoms with Gasteiger partial charge in [-0.2, -0.15) is 4.31 Å². The van der Waals surface area contributed by atoms with Crippen LogP contribution in [0.15, 0.2) is 47.6 Å². The summed E-state index contributed by atoms with van der Waals surface area (Å²) in [7, 11) is -3.79. The van der Waals surface area contributed by atoms with E-state index in [0.29, 0.717) is 0 Å². The van der Waals surface area contributed by atoms with Crippen LogP contribution in [-0.2, 0) is 16.6 Å². The second-order valence-corrected chi connectivity index (χ2v) is 6.26. The van der Waals surface area contributed by atoms with E-state index in [9.17, 15) is 8.42 Å². The highest BCUT2D eigenvalue weighted by Gasteiger charge is 2.25. The normalized spacial score (nSPS) is 11.7. The predicted octanol–water partition coefficient (Wildman–Crippen LogP) is 0.242. The van der Waals surface area contributed by atoms with Gasteiger partial charge in [-0.15, -0.1) is 0 Å². The lowest BCUT2D eigenvalue weighted by molar-refractivity contribution is 0.251. The molecule has 0 fully saturated rings. The number of nitrogen functional groups attached to an aromatic ring is 1. The fourth-order valence-corrected chi connectivity index (χ4v) is 3.10. The molecule has 2 aromatic rings. The van der Waals surface area contributed by atoms with Crippen molar-refractivity contribution in [2.24, 2.45) is 0 Å². The number of benzene rings is 1. The lowest BCUT2D eigenvalue weighted by Gasteiger charge is -2.21. The highest BCUT2D eigenvalue weighted by molar-refractivity contribution is 7.89. The first-order chi connectivity index (χ1) is 10.0. The van der Waals surface area contributed by atoms with Gasteiger partial charge in [0.1, 0.15) is 4.90 Å². The van der Waals surface area contributed by atoms with E-state index in [1.165, 1.54) is 4.31 Å². The molecule has 7 nitrogen and oxygen atoms in total. The summed E-state index contributed by atoms with van der Waals surface area (Å²) in [5, 5.41) is 9.11. The third-order valence-electron chi connectivity index (χ3n) is 2.84. The Labute approximate surface area is 123 Å². The Bertz CT molecular complexity index is 674. The fraction of sp³-hybridized carbons (Fsp3) is 0.231. The van der Waals surface area contributed by atoms with Gasteiger partial charge in [0.15, 0.2) is 0 Å². The van der Waals surface area contributed by atoms with Crippen molar-refractivity contribution in [3.05, 3.63) is 48.3 Å². The maximum absolute atomic E-state index is 12.5. The molecule has 0 saturated heterocycles. The Morgan fingerprint density at radius 2 is 1.76 bits per heavy atom. The summed E-state index contributed by atoms with van der Waals surface area (Å²) in [6, 6.07) is 9.14. The van der Waals surface area contributed by atoms with E-state index in [1.54, 1.807) is 0 Å². The van der Waals surface area contributed by atoms with Crippen LogP contribution in [0, 0.1) is 0 Å². The molecule has 0 spiro atoms. The number of aliphatic hydroxyl groups is 1. The summed E-state index contributed by atoms with van der Waals surface area (Å²) >= 11 is 0. The number of aromatic nitrogens is 2. The highest BCUT2D eigenvalue weighted by atomic mass is 32.2. The molecule has 3 N–H and O–H groups in total. The van der Waals surface area contributed by atoms with E-state index in [0.717, 1.165) is 18.0 Å². The topological polar surface area (TPSA) is 109 Å². The molecule has 8 heteroatoms. The van der Waals surface area contributed by atoms with E-state index < -0.39 is 10.0 Å². The van der Waals surface area contributed by atoms with Gasteiger partial charge in [0.25, 0.3) is 0 Å². The molecule has 0 amide bonds. The molecule has 112 valence electrons. The molecule has 0 unspecified atom stereocenters. The van der Waals surface area contributed by atoms with Crippen molar-refractivity contribution < 1.29 is 13.5 Å². The summed E-state index contributed by atoms with van der Waals surface area (Å²) in [4.78, 5) is 7.33. The van der Waals surface area contributed by atoms with Crippen molar-refractivity contribution in [1.82, 2.24) is 14.3 Å². The van der Waals surface area contributed by atoms with Gasteiger partial charge < -0.3 is 10.8 Å². The lowest BCUT2D eigenvalue weighted by atomic mass is 10.2. The Balaban J connectivity index is 2.30. The molecule has 0 aliphatic rings. The molecule has 0 aliphatic heterocycles. The van der Waals surface area contributed by atoms with Gasteiger partial charge in [-0.05, 0) is 5.56 Å². The quantitative estimate of drug-likeness (QED) is 0.791. The van der Waals surface area contributed by atoms with E-state index in [-0.39, 0.29) is 30.5 Å². The van der Waals surface area contributed by atoms with E-state index in [2.05, 4.69) is 9.97 Å². The number of nitrogens with two attached hydrogens (primary N) is 1. The zero-order chi connectivity index (χ0) is 15.3. The molecule has 0 radical (unpaired) electrons. The van der Waals surface area contributed by atoms with Crippen molar-refractivity contribution in [3.8, 4) is 0 Å². The molecule has 0 atom stereocenters. The Morgan fingerprint density at radius 3 is 2.33 bits per heavy atom. The Morgan fingerprint density at radius 1 is 1.14 bits per heavy atom. The van der Waals surface area contributed by atoms with Crippen LogP contribution in [-0.4, -0.2) is 40.9 Å². The molecule has 1 aromatic heterocycles. The van der Waals surface area contributed by atoms with E-state index >= 15 is 0 Å². The standard InChI is InChI=1S/C13H16N4O3S/c14-13-15-8-12(9-16-13)21(19,20)17(6-7-18)10-11-4-2-1-3-5-11/h1-5,8-9,18H,6-7,10H2,(H2,14,15,16). The average Bonchev–Trinajstić information content (AvgIpc) is 2.48. The molecule has 0 saturated carbocycles. The van der Waals surface area contributed by atoms with Gasteiger partial charge in [0, 0.05) is 13.1 Å². The third-order valence-corrected chi connectivity index (χ3v) is 4.64. The Kier molecular flexibility index (Phi) is 4.84. The number of hydrogen-bond acceptors (Lipinski definition) is 6. The van der Waals surface area contributed by atoms with Crippen molar-refractivity contribution in [2.45, 2.75) is 11.4 Å². The second kappa shape index (κ2) is 6.61. The predicted molar refractivity (Wildman–Crippen MR) is 77.6 cm³/mol. The largest absolute Gasteiger partial charge is 0.395 e. The molecule has 1 aromatic carbocycles. The summed E-state index contributed by atoms with van der Waals surface area (Å²) in [6.45, 7) is -0.127. The molecule has 1 heterocycles. The van der Waals surface area contributed by atoms with E-state index in [4.69, 9.17) is 10.8 Å². The monoisotopic (exact) mass is 308 g/mol. The first-order valence-electron chi connectivity index (χ1n) is 6.26. The first kappa shape index (κ1) is 15.4. The molecule has 0 bridgehead atoms. The minimum Gasteiger partial charge on any atom is -0.395 e. The van der Waals surface area contributed by atoms with Crippen LogP contribution in [0.1, 0.15) is 5.56 Å². The number of anilines is 1. The fourth-order valence-electron chi connectivity index (χ4n) is 1.79. The number of aliphatic hydroxyl groups excluding tert-OH is 1. The van der Waals surface area contributed by atoms with Gasteiger partial charge in [-0.1, -0.05) is 30.3 Å². The van der Waals surface area contributed by atoms with Crippen molar-refractivity contribution in [2.75, 3.05) is 18.9 Å². The minimum atomic E-state index is -3.79. The third kappa shape index (κ3) is 3.75. The summed E-state index contributed by atoms with van der Waals surface area (Å²) in [6.07, 6.45) is 2.32. The smallest absolute Gasteiger partial charge is 0.246 e. The number of hydrogen-bond donors (Lipinski definition) is 2. The zero-order valence-electron chi connectivity index (χ0n) is 11.3. The molecular weight excluding hydrogens is 292 g/mol. The maximum Gasteiger partial charge on any atom is 0.246 e. The summed E-state index contributed by atoms with van der Waals surface area (Å²) in [5.41, 5.74) is 6.18. The number of nitrogens with zero attached hydrogens (tertiary/aromatic N) is 3. The van der Waals surface area contributed by atoms with Crippen LogP contribution in [0.2, 0.25) is 0 Å². The van der Waals surface area contributed by atoms with E-state index in [1.807, 2.05) is 30.3 Å². The molecule has 0 aliphatic carbocycles. The van der Waals surface area contributed by atoms with Gasteiger partial charge >= 0.3 is 0 Å². The summed E-state index contributed by atoms with van der Waals surface area (Å²) < 4.78 is 26.2. The molecule has 21 heavy (non-hydrogen) atoms. The SMILES string of the molecule is Nc1ncc(S(=O)(=O)N(CCO)Cc2ccccc2)cn1. The van der Waals surface area contributed by atoms with Crippen LogP contribution in [0.25, 0.3) is 0 Å². The van der Waals surface area contributed by atoms with Gasteiger partial charge in [0.2, 0.25) is 16.0 Å². The van der Waals surface area contributed by atoms with Gasteiger partial charge in [0.05, 0.1) is 19.0 Å². The van der Waals surface area contributed by atoms with Crippen molar-refractivity contribution in [3.63, 3.8) is 0 Å². The first-order valence-corrected chi connectivity index (χ1v) is 7.70. The minimum absolute atomic E-state index is 0.00529. The number of rotatable bonds is 6.